The lowest BCUT2D eigenvalue weighted by Crippen LogP contribution is -2.48. The van der Waals surface area contributed by atoms with Gasteiger partial charge >= 0.3 is 0 Å². The van der Waals surface area contributed by atoms with E-state index < -0.39 is 0 Å². The minimum atomic E-state index is 0.0260. The number of nitrogens with zero attached hydrogens (tertiary/aromatic N) is 3. The highest BCUT2D eigenvalue weighted by Crippen LogP contribution is 2.21. The molecule has 0 spiro atoms. The van der Waals surface area contributed by atoms with Crippen LogP contribution in [0.15, 0.2) is 4.79 Å². The molecule has 2 heterocycles. The van der Waals surface area contributed by atoms with Crippen LogP contribution in [-0.4, -0.2) is 52.2 Å². The summed E-state index contributed by atoms with van der Waals surface area (Å²) in [7, 11) is 0. The summed E-state index contributed by atoms with van der Waals surface area (Å²) >= 11 is 0. The Morgan fingerprint density at radius 2 is 1.76 bits per heavy atom. The van der Waals surface area contributed by atoms with Crippen molar-refractivity contribution in [3.8, 4) is 0 Å². The average molecular weight is 290 g/mol. The largest absolute Gasteiger partial charge is 0.298 e. The van der Waals surface area contributed by atoms with Crippen molar-refractivity contribution in [1.29, 1.82) is 0 Å². The first-order chi connectivity index (χ1) is 10.1. The fourth-order valence-corrected chi connectivity index (χ4v) is 3.51. The van der Waals surface area contributed by atoms with Gasteiger partial charge in [0, 0.05) is 44.3 Å². The number of hydrogen-bond donors (Lipinski definition) is 1. The Bertz CT molecular complexity index is 544. The smallest absolute Gasteiger partial charge is 0.267 e. The Hall–Kier alpha value is -1.20. The first kappa shape index (κ1) is 14.7. The predicted molar refractivity (Wildman–Crippen MR) is 83.5 cm³/mol. The van der Waals surface area contributed by atoms with Gasteiger partial charge in [-0.3, -0.25) is 14.6 Å². The number of H-pyrrole nitrogens is 1. The summed E-state index contributed by atoms with van der Waals surface area (Å²) in [5, 5.41) is 7.05. The van der Waals surface area contributed by atoms with Gasteiger partial charge in [-0.25, -0.2) is 5.10 Å². The molecule has 1 aromatic rings. The molecular formula is C16H26N4O. The van der Waals surface area contributed by atoms with Crippen LogP contribution in [0.25, 0.3) is 0 Å². The second kappa shape index (κ2) is 6.28. The summed E-state index contributed by atoms with van der Waals surface area (Å²) in [4.78, 5) is 16.9. The molecule has 3 rings (SSSR count). The maximum atomic E-state index is 11.9. The minimum absolute atomic E-state index is 0.0260. The molecule has 0 bridgehead atoms. The molecule has 0 amide bonds. The topological polar surface area (TPSA) is 52.2 Å². The lowest BCUT2D eigenvalue weighted by molar-refractivity contribution is 0.103. The van der Waals surface area contributed by atoms with E-state index in [4.69, 9.17) is 0 Å². The molecular weight excluding hydrogens is 264 g/mol. The molecule has 1 N–H and O–H groups in total. The van der Waals surface area contributed by atoms with Gasteiger partial charge in [-0.2, -0.15) is 5.10 Å². The summed E-state index contributed by atoms with van der Waals surface area (Å²) < 4.78 is 0. The van der Waals surface area contributed by atoms with E-state index in [1.54, 1.807) is 0 Å². The third-order valence-electron chi connectivity index (χ3n) is 4.89. The molecule has 5 heteroatoms. The molecule has 0 unspecified atom stereocenters. The van der Waals surface area contributed by atoms with Gasteiger partial charge in [0.25, 0.3) is 5.56 Å². The molecule has 1 fully saturated rings. The van der Waals surface area contributed by atoms with E-state index in [-0.39, 0.29) is 5.56 Å². The highest BCUT2D eigenvalue weighted by Gasteiger charge is 2.22. The van der Waals surface area contributed by atoms with Crippen LogP contribution in [0.1, 0.15) is 43.5 Å². The summed E-state index contributed by atoms with van der Waals surface area (Å²) in [6.07, 6.45) is 4.26. The van der Waals surface area contributed by atoms with Gasteiger partial charge in [0.2, 0.25) is 0 Å². The van der Waals surface area contributed by atoms with Gasteiger partial charge in [-0.05, 0) is 45.1 Å². The highest BCUT2D eigenvalue weighted by atomic mass is 16.1. The van der Waals surface area contributed by atoms with E-state index >= 15 is 0 Å². The average Bonchev–Trinajstić information content (AvgIpc) is 2.51. The van der Waals surface area contributed by atoms with Crippen molar-refractivity contribution >= 4 is 0 Å². The van der Waals surface area contributed by atoms with Crippen molar-refractivity contribution in [3.05, 3.63) is 27.2 Å². The third-order valence-corrected chi connectivity index (χ3v) is 4.89. The Labute approximate surface area is 126 Å². The molecule has 2 aliphatic rings. The van der Waals surface area contributed by atoms with Crippen molar-refractivity contribution in [2.45, 2.75) is 52.1 Å². The van der Waals surface area contributed by atoms with Gasteiger partial charge in [-0.15, -0.1) is 0 Å². The van der Waals surface area contributed by atoms with Crippen molar-refractivity contribution < 1.29 is 0 Å². The SMILES string of the molecule is CC(C)N1CCN(Cc2n[nH]c(=O)c3c2CCCC3)CC1. The van der Waals surface area contributed by atoms with E-state index in [1.165, 1.54) is 12.0 Å². The fourth-order valence-electron chi connectivity index (χ4n) is 3.51. The Morgan fingerprint density at radius 1 is 1.10 bits per heavy atom. The maximum Gasteiger partial charge on any atom is 0.267 e. The zero-order valence-electron chi connectivity index (χ0n) is 13.2. The van der Waals surface area contributed by atoms with Crippen molar-refractivity contribution in [3.63, 3.8) is 0 Å². The monoisotopic (exact) mass is 290 g/mol. The molecule has 1 saturated heterocycles. The Balaban J connectivity index is 1.70. The number of nitrogens with one attached hydrogen (secondary N) is 1. The fraction of sp³-hybridized carbons (Fsp3) is 0.750. The van der Waals surface area contributed by atoms with Crippen molar-refractivity contribution in [2.24, 2.45) is 0 Å². The van der Waals surface area contributed by atoms with Crippen LogP contribution in [0.4, 0.5) is 0 Å². The van der Waals surface area contributed by atoms with Crippen molar-refractivity contribution in [1.82, 2.24) is 20.0 Å². The molecule has 1 aliphatic heterocycles. The number of aromatic nitrogens is 2. The van der Waals surface area contributed by atoms with E-state index in [0.29, 0.717) is 6.04 Å². The van der Waals surface area contributed by atoms with Gasteiger partial charge in [-0.1, -0.05) is 0 Å². The molecule has 1 aromatic heterocycles. The van der Waals surface area contributed by atoms with E-state index in [1.807, 2.05) is 0 Å². The highest BCUT2D eigenvalue weighted by molar-refractivity contribution is 5.30. The van der Waals surface area contributed by atoms with Crippen LogP contribution in [-0.2, 0) is 19.4 Å². The van der Waals surface area contributed by atoms with Crippen LogP contribution in [0.3, 0.4) is 0 Å². The van der Waals surface area contributed by atoms with Crippen LogP contribution in [0, 0.1) is 0 Å². The molecule has 1 aliphatic carbocycles. The van der Waals surface area contributed by atoms with Crippen LogP contribution < -0.4 is 5.56 Å². The number of aromatic amines is 1. The molecule has 0 radical (unpaired) electrons. The quantitative estimate of drug-likeness (QED) is 0.908. The minimum Gasteiger partial charge on any atom is -0.298 e. The van der Waals surface area contributed by atoms with Gasteiger partial charge in [0.05, 0.1) is 5.69 Å². The lowest BCUT2D eigenvalue weighted by Gasteiger charge is -2.37. The summed E-state index contributed by atoms with van der Waals surface area (Å²) in [5.74, 6) is 0. The third kappa shape index (κ3) is 3.19. The summed E-state index contributed by atoms with van der Waals surface area (Å²) in [6, 6.07) is 0.631. The van der Waals surface area contributed by atoms with Crippen molar-refractivity contribution in [2.75, 3.05) is 26.2 Å². The van der Waals surface area contributed by atoms with E-state index in [0.717, 1.165) is 63.2 Å². The second-order valence-electron chi connectivity index (χ2n) is 6.57. The molecule has 0 atom stereocenters. The number of hydrogen-bond acceptors (Lipinski definition) is 4. The number of rotatable bonds is 3. The van der Waals surface area contributed by atoms with Crippen LogP contribution in [0.2, 0.25) is 0 Å². The summed E-state index contributed by atoms with van der Waals surface area (Å²) in [6.45, 7) is 9.84. The Morgan fingerprint density at radius 3 is 2.43 bits per heavy atom. The van der Waals surface area contributed by atoms with Gasteiger partial charge in [0.1, 0.15) is 0 Å². The molecule has 21 heavy (non-hydrogen) atoms. The lowest BCUT2D eigenvalue weighted by atomic mass is 9.91. The predicted octanol–water partition coefficient (Wildman–Crippen LogP) is 1.17. The van der Waals surface area contributed by atoms with E-state index in [9.17, 15) is 4.79 Å². The van der Waals surface area contributed by atoms with Crippen LogP contribution >= 0.6 is 0 Å². The normalized spacial score (nSPS) is 20.7. The molecule has 116 valence electrons. The van der Waals surface area contributed by atoms with Gasteiger partial charge in [0.15, 0.2) is 0 Å². The molecule has 5 nitrogen and oxygen atoms in total. The van der Waals surface area contributed by atoms with Crippen LogP contribution in [0.5, 0.6) is 0 Å². The first-order valence-electron chi connectivity index (χ1n) is 8.21. The van der Waals surface area contributed by atoms with E-state index in [2.05, 4.69) is 33.8 Å². The summed E-state index contributed by atoms with van der Waals surface area (Å²) in [5.41, 5.74) is 3.35. The molecule has 0 aromatic carbocycles. The first-order valence-corrected chi connectivity index (χ1v) is 8.21. The number of fused-ring (bicyclic) bond motifs is 1. The standard InChI is InChI=1S/C16H26N4O/c1-12(2)20-9-7-19(8-10-20)11-15-13-5-3-4-6-14(13)16(21)18-17-15/h12H,3-11H2,1-2H3,(H,18,21). The maximum absolute atomic E-state index is 11.9. The second-order valence-corrected chi connectivity index (χ2v) is 6.57. The van der Waals surface area contributed by atoms with Gasteiger partial charge < -0.3 is 0 Å². The Kier molecular flexibility index (Phi) is 4.40. The molecule has 0 saturated carbocycles. The number of piperazine rings is 1. The zero-order chi connectivity index (χ0) is 14.8. The zero-order valence-corrected chi connectivity index (χ0v) is 13.2.